The van der Waals surface area contributed by atoms with Gasteiger partial charge in [-0.3, -0.25) is 4.79 Å². The van der Waals surface area contributed by atoms with Crippen molar-refractivity contribution in [3.63, 3.8) is 0 Å². The molecule has 2 atom stereocenters. The fourth-order valence-corrected chi connectivity index (χ4v) is 3.34. The van der Waals surface area contributed by atoms with Crippen molar-refractivity contribution in [1.82, 2.24) is 0 Å². The Hall–Kier alpha value is -0.380. The highest BCUT2D eigenvalue weighted by Gasteiger charge is 2.32. The first kappa shape index (κ1) is 11.1. The van der Waals surface area contributed by atoms with E-state index in [9.17, 15) is 4.79 Å². The van der Waals surface area contributed by atoms with E-state index >= 15 is 0 Å². The molecule has 0 bridgehead atoms. The van der Waals surface area contributed by atoms with Gasteiger partial charge >= 0.3 is 0 Å². The number of ketones is 1. The van der Waals surface area contributed by atoms with Crippen molar-refractivity contribution in [2.75, 3.05) is 6.54 Å². The largest absolute Gasteiger partial charge is 0.330 e. The van der Waals surface area contributed by atoms with Crippen LogP contribution < -0.4 is 5.73 Å². The van der Waals surface area contributed by atoms with E-state index in [1.54, 1.807) is 6.07 Å². The number of carbonyl (C=O) groups excluding carboxylic acids is 1. The summed E-state index contributed by atoms with van der Waals surface area (Å²) in [6, 6.07) is 3.60. The minimum atomic E-state index is 0.129. The second kappa shape index (κ2) is 4.64. The molecule has 0 saturated heterocycles. The lowest BCUT2D eigenvalue weighted by atomic mass is 9.91. The SMILES string of the molecule is NCC1CCCC1C(=O)c1ccc(Cl)s1. The van der Waals surface area contributed by atoms with Crippen LogP contribution in [0.5, 0.6) is 0 Å². The number of hydrogen-bond donors (Lipinski definition) is 1. The Morgan fingerprint density at radius 1 is 1.53 bits per heavy atom. The zero-order chi connectivity index (χ0) is 10.8. The van der Waals surface area contributed by atoms with Crippen LogP contribution in [0.3, 0.4) is 0 Å². The Morgan fingerprint density at radius 2 is 2.33 bits per heavy atom. The molecular weight excluding hydrogens is 230 g/mol. The van der Waals surface area contributed by atoms with Gasteiger partial charge in [0.1, 0.15) is 0 Å². The van der Waals surface area contributed by atoms with Crippen LogP contribution in [-0.2, 0) is 0 Å². The second-order valence-corrected chi connectivity index (χ2v) is 5.72. The first-order valence-corrected chi connectivity index (χ1v) is 6.41. The van der Waals surface area contributed by atoms with Gasteiger partial charge in [0.25, 0.3) is 0 Å². The monoisotopic (exact) mass is 243 g/mol. The van der Waals surface area contributed by atoms with Crippen LogP contribution in [0, 0.1) is 11.8 Å². The van der Waals surface area contributed by atoms with E-state index in [4.69, 9.17) is 17.3 Å². The van der Waals surface area contributed by atoms with E-state index in [2.05, 4.69) is 0 Å². The molecule has 0 radical (unpaired) electrons. The van der Waals surface area contributed by atoms with E-state index in [0.29, 0.717) is 16.8 Å². The summed E-state index contributed by atoms with van der Waals surface area (Å²) in [5, 5.41) is 0. The summed E-state index contributed by atoms with van der Waals surface area (Å²) >= 11 is 7.19. The summed E-state index contributed by atoms with van der Waals surface area (Å²) in [6.07, 6.45) is 3.19. The van der Waals surface area contributed by atoms with Gasteiger partial charge in [-0.1, -0.05) is 18.0 Å². The van der Waals surface area contributed by atoms with Crippen molar-refractivity contribution >= 4 is 28.7 Å². The molecule has 0 spiro atoms. The Kier molecular flexibility index (Phi) is 3.44. The molecule has 1 aliphatic carbocycles. The van der Waals surface area contributed by atoms with Gasteiger partial charge < -0.3 is 5.73 Å². The lowest BCUT2D eigenvalue weighted by molar-refractivity contribution is 0.0898. The van der Waals surface area contributed by atoms with Gasteiger partial charge in [0.2, 0.25) is 0 Å². The fraction of sp³-hybridized carbons (Fsp3) is 0.545. The molecule has 82 valence electrons. The quantitative estimate of drug-likeness (QED) is 0.830. The van der Waals surface area contributed by atoms with E-state index in [-0.39, 0.29) is 11.7 Å². The summed E-state index contributed by atoms with van der Waals surface area (Å²) in [5.74, 6) is 0.739. The Balaban J connectivity index is 2.13. The van der Waals surface area contributed by atoms with Crippen molar-refractivity contribution in [2.24, 2.45) is 17.6 Å². The first-order chi connectivity index (χ1) is 7.22. The van der Waals surface area contributed by atoms with Gasteiger partial charge in [-0.2, -0.15) is 0 Å². The maximum atomic E-state index is 12.1. The van der Waals surface area contributed by atoms with Crippen molar-refractivity contribution < 1.29 is 4.79 Å². The normalized spacial score (nSPS) is 25.7. The fourth-order valence-electron chi connectivity index (χ4n) is 2.29. The molecular formula is C11H14ClNOS. The van der Waals surface area contributed by atoms with E-state index in [1.807, 2.05) is 6.07 Å². The molecule has 4 heteroatoms. The standard InChI is InChI=1S/C11H14ClNOS/c12-10-5-4-9(15-10)11(14)8-3-1-2-7(8)6-13/h4-5,7-8H,1-3,6,13H2. The van der Waals surface area contributed by atoms with Crippen molar-refractivity contribution in [3.05, 3.63) is 21.3 Å². The maximum Gasteiger partial charge on any atom is 0.176 e. The number of rotatable bonds is 3. The lowest BCUT2D eigenvalue weighted by Gasteiger charge is -2.15. The molecule has 1 aromatic heterocycles. The van der Waals surface area contributed by atoms with Gasteiger partial charge in [-0.15, -0.1) is 11.3 Å². The Morgan fingerprint density at radius 3 is 2.93 bits per heavy atom. The summed E-state index contributed by atoms with van der Waals surface area (Å²) in [5.41, 5.74) is 5.67. The third-order valence-corrected chi connectivity index (χ3v) is 4.36. The maximum absolute atomic E-state index is 12.1. The molecule has 0 aliphatic heterocycles. The van der Waals surface area contributed by atoms with Crippen LogP contribution in [-0.4, -0.2) is 12.3 Å². The highest BCUT2D eigenvalue weighted by molar-refractivity contribution is 7.18. The number of thiophene rings is 1. The number of nitrogens with two attached hydrogens (primary N) is 1. The molecule has 1 aliphatic rings. The Labute approximate surface area is 98.4 Å². The predicted molar refractivity (Wildman–Crippen MR) is 63.5 cm³/mol. The molecule has 2 N–H and O–H groups in total. The number of Topliss-reactive ketones (excluding diaryl/α,β-unsaturated/α-hetero) is 1. The molecule has 2 rings (SSSR count). The van der Waals surface area contributed by atoms with Crippen LogP contribution in [0.25, 0.3) is 0 Å². The summed E-state index contributed by atoms with van der Waals surface area (Å²) in [6.45, 7) is 0.621. The smallest absolute Gasteiger partial charge is 0.176 e. The topological polar surface area (TPSA) is 43.1 Å². The second-order valence-electron chi connectivity index (χ2n) is 4.00. The first-order valence-electron chi connectivity index (χ1n) is 5.22. The average molecular weight is 244 g/mol. The van der Waals surface area contributed by atoms with E-state index < -0.39 is 0 Å². The molecule has 2 nitrogen and oxygen atoms in total. The van der Waals surface area contributed by atoms with E-state index in [1.165, 1.54) is 11.3 Å². The van der Waals surface area contributed by atoms with Crippen molar-refractivity contribution in [1.29, 1.82) is 0 Å². The number of halogens is 1. The molecule has 1 saturated carbocycles. The third kappa shape index (κ3) is 2.25. The molecule has 0 aromatic carbocycles. The average Bonchev–Trinajstić information content (AvgIpc) is 2.84. The van der Waals surface area contributed by atoms with Crippen molar-refractivity contribution in [3.8, 4) is 0 Å². The third-order valence-electron chi connectivity index (χ3n) is 3.11. The molecule has 2 unspecified atom stereocenters. The summed E-state index contributed by atoms with van der Waals surface area (Å²) < 4.78 is 0.681. The van der Waals surface area contributed by atoms with Gasteiger partial charge in [0.05, 0.1) is 9.21 Å². The van der Waals surface area contributed by atoms with Gasteiger partial charge in [-0.05, 0) is 37.4 Å². The van der Waals surface area contributed by atoms with Crippen LogP contribution in [0.2, 0.25) is 4.34 Å². The van der Waals surface area contributed by atoms with Gasteiger partial charge in [-0.25, -0.2) is 0 Å². The van der Waals surface area contributed by atoms with Crippen LogP contribution >= 0.6 is 22.9 Å². The van der Waals surface area contributed by atoms with E-state index in [0.717, 1.165) is 24.1 Å². The molecule has 1 heterocycles. The number of carbonyl (C=O) groups is 1. The highest BCUT2D eigenvalue weighted by atomic mass is 35.5. The van der Waals surface area contributed by atoms with Crippen LogP contribution in [0.1, 0.15) is 28.9 Å². The number of hydrogen-bond acceptors (Lipinski definition) is 3. The molecule has 0 amide bonds. The zero-order valence-corrected chi connectivity index (χ0v) is 9.98. The molecule has 1 aromatic rings. The highest BCUT2D eigenvalue weighted by Crippen LogP contribution is 2.35. The van der Waals surface area contributed by atoms with Crippen molar-refractivity contribution in [2.45, 2.75) is 19.3 Å². The van der Waals surface area contributed by atoms with Crippen LogP contribution in [0.15, 0.2) is 12.1 Å². The minimum absolute atomic E-state index is 0.129. The molecule has 15 heavy (non-hydrogen) atoms. The Bertz CT molecular complexity index is 363. The van der Waals surface area contributed by atoms with Gasteiger partial charge in [0.15, 0.2) is 5.78 Å². The molecule has 1 fully saturated rings. The minimum Gasteiger partial charge on any atom is -0.330 e. The van der Waals surface area contributed by atoms with Gasteiger partial charge in [0, 0.05) is 5.92 Å². The summed E-state index contributed by atoms with van der Waals surface area (Å²) in [7, 11) is 0. The summed E-state index contributed by atoms with van der Waals surface area (Å²) in [4.78, 5) is 12.9. The van der Waals surface area contributed by atoms with Crippen LogP contribution in [0.4, 0.5) is 0 Å². The zero-order valence-electron chi connectivity index (χ0n) is 8.41. The lowest BCUT2D eigenvalue weighted by Crippen LogP contribution is -2.24. The predicted octanol–water partition coefficient (Wildman–Crippen LogP) is 2.96.